The molecule has 11 heteroatoms. The van der Waals surface area contributed by atoms with Gasteiger partial charge in [0.25, 0.3) is 0 Å². The van der Waals surface area contributed by atoms with Gasteiger partial charge in [-0.15, -0.1) is 0 Å². The van der Waals surface area contributed by atoms with Crippen LogP contribution < -0.4 is 20.1 Å². The molecule has 0 radical (unpaired) electrons. The highest BCUT2D eigenvalue weighted by Crippen LogP contribution is 2.33. The molecule has 1 aromatic heterocycles. The molecule has 2 aromatic carbocycles. The van der Waals surface area contributed by atoms with E-state index in [1.165, 1.54) is 0 Å². The Balaban J connectivity index is 1.29. The van der Waals surface area contributed by atoms with Gasteiger partial charge in [0.05, 0.1) is 25.9 Å². The molecule has 0 aliphatic carbocycles. The summed E-state index contributed by atoms with van der Waals surface area (Å²) in [4.78, 5) is 34.5. The molecule has 4 bridgehead atoms. The summed E-state index contributed by atoms with van der Waals surface area (Å²) in [5.41, 5.74) is 2.86. The van der Waals surface area contributed by atoms with Gasteiger partial charge in [-0.05, 0) is 48.2 Å². The highest BCUT2D eigenvalue weighted by Gasteiger charge is 2.31. The van der Waals surface area contributed by atoms with E-state index in [2.05, 4.69) is 25.5 Å². The second-order valence-electron chi connectivity index (χ2n) is 9.94. The van der Waals surface area contributed by atoms with Crippen LogP contribution in [0.3, 0.4) is 0 Å². The molecule has 1 fully saturated rings. The number of carboxylic acid groups (broad SMARTS) is 1. The van der Waals surface area contributed by atoms with Crippen LogP contribution in [0.5, 0.6) is 17.2 Å². The van der Waals surface area contributed by atoms with Gasteiger partial charge in [-0.1, -0.05) is 18.2 Å². The number of piperidine rings is 1. The molecule has 2 atom stereocenters. The van der Waals surface area contributed by atoms with Gasteiger partial charge in [-0.3, -0.25) is 14.5 Å². The third kappa shape index (κ3) is 7.25. The lowest BCUT2D eigenvalue weighted by molar-refractivity contribution is -0.135. The maximum Gasteiger partial charge on any atom is 0.322 e. The first-order valence-corrected chi connectivity index (χ1v) is 13.3. The zero-order valence-corrected chi connectivity index (χ0v) is 22.3. The quantitative estimate of drug-likeness (QED) is 0.423. The highest BCUT2D eigenvalue weighted by atomic mass is 16.5. The summed E-state index contributed by atoms with van der Waals surface area (Å²) >= 11 is 0. The molecule has 210 valence electrons. The number of fused-ring (bicyclic) bond motifs is 5. The van der Waals surface area contributed by atoms with Crippen LogP contribution in [-0.4, -0.2) is 70.7 Å². The molecular formula is C29H33N5O6. The van der Waals surface area contributed by atoms with Gasteiger partial charge in [-0.25, -0.2) is 9.97 Å². The predicted molar refractivity (Wildman–Crippen MR) is 146 cm³/mol. The first-order chi connectivity index (χ1) is 19.4. The molecule has 0 saturated carbocycles. The number of carboxylic acids is 1. The molecule has 0 unspecified atom stereocenters. The third-order valence-corrected chi connectivity index (χ3v) is 6.95. The standard InChI is InChI=1S/C29H33N5O6/c1-38-25-7-5-19-6-8-27(35)33-23-17-34(16-21-13-30-29(31-14-21)32-15-28(36)37)10-9-24(23)39-18-20-3-2-4-22(11-20)40-26(25)12-19/h2-5,7,11-14,23-24H,6,8-10,15-18H2,1H3,(H,33,35)(H,36,37)(H,30,31,32)/t23-,24+/m0/s1. The van der Waals surface area contributed by atoms with E-state index >= 15 is 0 Å². The van der Waals surface area contributed by atoms with Crippen molar-refractivity contribution in [3.8, 4) is 17.2 Å². The minimum absolute atomic E-state index is 0.0358. The number of carbonyl (C=O) groups is 2. The fourth-order valence-corrected chi connectivity index (χ4v) is 4.94. The molecule has 3 aromatic rings. The molecule has 40 heavy (non-hydrogen) atoms. The van der Waals surface area contributed by atoms with E-state index in [0.717, 1.165) is 29.7 Å². The number of hydrogen-bond acceptors (Lipinski definition) is 9. The molecule has 2 aliphatic heterocycles. The fraction of sp³-hybridized carbons (Fsp3) is 0.379. The van der Waals surface area contributed by atoms with Crippen molar-refractivity contribution in [1.82, 2.24) is 20.2 Å². The third-order valence-electron chi connectivity index (χ3n) is 6.95. The molecule has 5 rings (SSSR count). The average Bonchev–Trinajstić information content (AvgIpc) is 2.95. The molecule has 2 aliphatic rings. The molecule has 1 saturated heterocycles. The summed E-state index contributed by atoms with van der Waals surface area (Å²) in [5, 5.41) is 14.7. The van der Waals surface area contributed by atoms with E-state index < -0.39 is 5.97 Å². The van der Waals surface area contributed by atoms with Crippen LogP contribution in [0.2, 0.25) is 0 Å². The van der Waals surface area contributed by atoms with Crippen LogP contribution in [0, 0.1) is 0 Å². The fourth-order valence-electron chi connectivity index (χ4n) is 4.94. The van der Waals surface area contributed by atoms with Gasteiger partial charge in [0, 0.05) is 44.0 Å². The lowest BCUT2D eigenvalue weighted by Crippen LogP contribution is -2.55. The number of methoxy groups -OCH3 is 1. The van der Waals surface area contributed by atoms with Crippen molar-refractivity contribution >= 4 is 17.8 Å². The Morgan fingerprint density at radius 1 is 1.18 bits per heavy atom. The number of likely N-dealkylation sites (tertiary alicyclic amines) is 1. The van der Waals surface area contributed by atoms with E-state index in [-0.39, 0.29) is 30.5 Å². The average molecular weight is 548 g/mol. The molecule has 11 nitrogen and oxygen atoms in total. The summed E-state index contributed by atoms with van der Waals surface area (Å²) in [6, 6.07) is 13.3. The Morgan fingerprint density at radius 2 is 2.02 bits per heavy atom. The monoisotopic (exact) mass is 547 g/mol. The van der Waals surface area contributed by atoms with Crippen LogP contribution in [0.25, 0.3) is 0 Å². The van der Waals surface area contributed by atoms with Crippen molar-refractivity contribution in [1.29, 1.82) is 0 Å². The zero-order valence-electron chi connectivity index (χ0n) is 22.3. The molecule has 3 heterocycles. The number of amides is 1. The number of aliphatic carboxylic acids is 1. The van der Waals surface area contributed by atoms with Crippen LogP contribution >= 0.6 is 0 Å². The predicted octanol–water partition coefficient (Wildman–Crippen LogP) is 3.00. The number of benzene rings is 2. The van der Waals surface area contributed by atoms with Crippen molar-refractivity contribution in [3.05, 3.63) is 71.5 Å². The number of rotatable bonds is 6. The van der Waals surface area contributed by atoms with Gasteiger partial charge in [0.1, 0.15) is 12.3 Å². The molecular weight excluding hydrogens is 514 g/mol. The summed E-state index contributed by atoms with van der Waals surface area (Å²) in [7, 11) is 1.61. The lowest BCUT2D eigenvalue weighted by Gasteiger charge is -2.38. The summed E-state index contributed by atoms with van der Waals surface area (Å²) in [6.07, 6.45) is 4.88. The topological polar surface area (TPSA) is 135 Å². The van der Waals surface area contributed by atoms with Crippen molar-refractivity contribution in [2.75, 3.05) is 32.1 Å². The Hall–Kier alpha value is -4.22. The smallest absolute Gasteiger partial charge is 0.322 e. The van der Waals surface area contributed by atoms with E-state index in [1.54, 1.807) is 19.5 Å². The molecule has 3 N–H and O–H groups in total. The maximum atomic E-state index is 13.0. The van der Waals surface area contributed by atoms with Crippen molar-refractivity contribution < 1.29 is 28.9 Å². The Morgan fingerprint density at radius 3 is 2.83 bits per heavy atom. The minimum Gasteiger partial charge on any atom is -0.493 e. The number of carbonyl (C=O) groups excluding carboxylic acids is 1. The van der Waals surface area contributed by atoms with E-state index in [9.17, 15) is 9.59 Å². The summed E-state index contributed by atoms with van der Waals surface area (Å²) in [5.74, 6) is 1.18. The number of anilines is 1. The zero-order chi connectivity index (χ0) is 27.9. The largest absolute Gasteiger partial charge is 0.493 e. The number of nitrogens with zero attached hydrogens (tertiary/aromatic N) is 3. The molecule has 0 spiro atoms. The van der Waals surface area contributed by atoms with E-state index in [4.69, 9.17) is 19.3 Å². The number of aryl methyl sites for hydroxylation is 1. The lowest BCUT2D eigenvalue weighted by atomic mass is 10.0. The Labute approximate surface area is 232 Å². The normalized spacial score (nSPS) is 19.7. The van der Waals surface area contributed by atoms with Gasteiger partial charge >= 0.3 is 5.97 Å². The van der Waals surface area contributed by atoms with Gasteiger partial charge < -0.3 is 30.0 Å². The van der Waals surface area contributed by atoms with Crippen LogP contribution in [0.1, 0.15) is 29.5 Å². The van der Waals surface area contributed by atoms with Crippen molar-refractivity contribution in [2.24, 2.45) is 0 Å². The Kier molecular flexibility index (Phi) is 8.72. The molecule has 1 amide bonds. The highest BCUT2D eigenvalue weighted by molar-refractivity contribution is 5.76. The van der Waals surface area contributed by atoms with Crippen molar-refractivity contribution in [3.63, 3.8) is 0 Å². The first kappa shape index (κ1) is 27.4. The Bertz CT molecular complexity index is 1330. The second kappa shape index (κ2) is 12.8. The number of aromatic nitrogens is 2. The van der Waals surface area contributed by atoms with Crippen LogP contribution in [-0.2, 0) is 33.9 Å². The number of ether oxygens (including phenoxy) is 3. The summed E-state index contributed by atoms with van der Waals surface area (Å²) in [6.45, 7) is 2.15. The van der Waals surface area contributed by atoms with Crippen LogP contribution in [0.15, 0.2) is 54.9 Å². The van der Waals surface area contributed by atoms with E-state index in [1.807, 2.05) is 42.5 Å². The van der Waals surface area contributed by atoms with Crippen LogP contribution in [0.4, 0.5) is 5.95 Å². The number of nitrogens with one attached hydrogen (secondary N) is 2. The first-order valence-electron chi connectivity index (χ1n) is 13.3. The SMILES string of the molecule is COc1ccc2cc1Oc1cccc(c1)CO[C@@H]1CCN(Cc3cnc(NCC(=O)O)nc3)C[C@@H]1NC(=O)CC2. The number of hydrogen-bond donors (Lipinski definition) is 3. The van der Waals surface area contributed by atoms with Crippen molar-refractivity contribution in [2.45, 2.75) is 44.6 Å². The summed E-state index contributed by atoms with van der Waals surface area (Å²) < 4.78 is 18.0. The maximum absolute atomic E-state index is 13.0. The minimum atomic E-state index is -0.978. The van der Waals surface area contributed by atoms with Gasteiger partial charge in [0.15, 0.2) is 11.5 Å². The second-order valence-corrected chi connectivity index (χ2v) is 9.94. The van der Waals surface area contributed by atoms with Gasteiger partial charge in [0.2, 0.25) is 11.9 Å². The van der Waals surface area contributed by atoms with E-state index in [0.29, 0.717) is 49.8 Å². The van der Waals surface area contributed by atoms with Gasteiger partial charge in [-0.2, -0.15) is 0 Å².